The quantitative estimate of drug-likeness (QED) is 0.647. The van der Waals surface area contributed by atoms with Crippen LogP contribution < -0.4 is 0 Å². The van der Waals surface area contributed by atoms with Crippen LogP contribution in [0.1, 0.15) is 72.1 Å². The maximum Gasteiger partial charge on any atom is 0.306 e. The maximum absolute atomic E-state index is 13.0. The molecule has 0 bridgehead atoms. The number of hydrogen-bond donors (Lipinski definition) is 3. The summed E-state index contributed by atoms with van der Waals surface area (Å²) in [6.45, 7) is 6.45. The van der Waals surface area contributed by atoms with Crippen LogP contribution in [0.5, 0.6) is 0 Å². The largest absolute Gasteiger partial charge is 0.481 e. The van der Waals surface area contributed by atoms with Crippen LogP contribution in [0.25, 0.3) is 0 Å². The van der Waals surface area contributed by atoms with Gasteiger partial charge in [0.2, 0.25) is 0 Å². The molecule has 4 aliphatic carbocycles. The Hall–Kier alpha value is -1.53. The first-order valence-corrected chi connectivity index (χ1v) is 11.4. The number of ketones is 2. The van der Waals surface area contributed by atoms with E-state index in [1.54, 1.807) is 0 Å². The Morgan fingerprint density at radius 2 is 1.83 bits per heavy atom. The molecule has 0 aliphatic heterocycles. The minimum atomic E-state index is -1.68. The topological polar surface area (TPSA) is 112 Å². The van der Waals surface area contributed by atoms with Crippen LogP contribution in [-0.2, 0) is 14.4 Å². The molecule has 3 N–H and O–H groups in total. The molecule has 6 heteroatoms. The lowest BCUT2D eigenvalue weighted by Crippen LogP contribution is -2.60. The summed E-state index contributed by atoms with van der Waals surface area (Å²) < 4.78 is 0. The Labute approximate surface area is 177 Å². The maximum atomic E-state index is 13.0. The average Bonchev–Trinajstić information content (AvgIpc) is 2.94. The summed E-state index contributed by atoms with van der Waals surface area (Å²) in [5, 5.41) is 30.7. The SMILES string of the molecule is C[C@H]1C[C@@H]2[C@H](CC[C@@]3(C)[C@H]2CC[C@]3(O)C(=O)C(O)CC(=O)O)[C@@]2(C)CCC(=O)C=C12. The smallest absolute Gasteiger partial charge is 0.306 e. The van der Waals surface area contributed by atoms with Gasteiger partial charge in [0.15, 0.2) is 11.6 Å². The fourth-order valence-electron chi connectivity index (χ4n) is 7.94. The molecule has 0 aromatic rings. The lowest BCUT2D eigenvalue weighted by Gasteiger charge is -2.60. The third-order valence-corrected chi connectivity index (χ3v) is 9.51. The predicted molar refractivity (Wildman–Crippen MR) is 109 cm³/mol. The number of hydrogen-bond acceptors (Lipinski definition) is 5. The minimum Gasteiger partial charge on any atom is -0.481 e. The lowest BCUT2D eigenvalue weighted by atomic mass is 9.44. The first-order chi connectivity index (χ1) is 13.9. The number of aliphatic hydroxyl groups excluding tert-OH is 1. The van der Waals surface area contributed by atoms with Crippen LogP contribution in [0.3, 0.4) is 0 Å². The van der Waals surface area contributed by atoms with Crippen LogP contribution in [0.2, 0.25) is 0 Å². The molecule has 3 saturated carbocycles. The van der Waals surface area contributed by atoms with E-state index in [0.29, 0.717) is 37.0 Å². The van der Waals surface area contributed by atoms with Crippen molar-refractivity contribution in [1.82, 2.24) is 0 Å². The van der Waals surface area contributed by atoms with Crippen molar-refractivity contribution in [1.29, 1.82) is 0 Å². The summed E-state index contributed by atoms with van der Waals surface area (Å²) in [4.78, 5) is 36.1. The highest BCUT2D eigenvalue weighted by atomic mass is 16.4. The van der Waals surface area contributed by atoms with Gasteiger partial charge in [-0.2, -0.15) is 0 Å². The summed E-state index contributed by atoms with van der Waals surface area (Å²) >= 11 is 0. The number of aliphatic hydroxyl groups is 2. The van der Waals surface area contributed by atoms with Gasteiger partial charge in [-0.05, 0) is 73.7 Å². The zero-order valence-electron chi connectivity index (χ0n) is 18.2. The van der Waals surface area contributed by atoms with Crippen LogP contribution in [-0.4, -0.2) is 44.6 Å². The lowest BCUT2D eigenvalue weighted by molar-refractivity contribution is -0.172. The molecule has 30 heavy (non-hydrogen) atoms. The summed E-state index contributed by atoms with van der Waals surface area (Å²) in [5.74, 6) is -0.525. The van der Waals surface area contributed by atoms with Crippen molar-refractivity contribution in [2.45, 2.75) is 83.8 Å². The van der Waals surface area contributed by atoms with Crippen molar-refractivity contribution in [2.24, 2.45) is 34.5 Å². The van der Waals surface area contributed by atoms with Gasteiger partial charge in [0.1, 0.15) is 11.7 Å². The molecule has 1 unspecified atom stereocenters. The Morgan fingerprint density at radius 1 is 1.17 bits per heavy atom. The van der Waals surface area contributed by atoms with Gasteiger partial charge in [-0.25, -0.2) is 0 Å². The van der Waals surface area contributed by atoms with Gasteiger partial charge in [-0.3, -0.25) is 14.4 Å². The molecule has 0 amide bonds. The average molecular weight is 419 g/mol. The van der Waals surface area contributed by atoms with Gasteiger partial charge in [-0.1, -0.05) is 26.3 Å². The van der Waals surface area contributed by atoms with E-state index in [2.05, 4.69) is 13.8 Å². The fourth-order valence-corrected chi connectivity index (χ4v) is 7.94. The zero-order chi connectivity index (χ0) is 22.1. The van der Waals surface area contributed by atoms with E-state index in [1.807, 2.05) is 13.0 Å². The van der Waals surface area contributed by atoms with E-state index in [9.17, 15) is 24.6 Å². The Bertz CT molecular complexity index is 817. The van der Waals surface area contributed by atoms with Crippen molar-refractivity contribution in [2.75, 3.05) is 0 Å². The summed E-state index contributed by atoms with van der Waals surface area (Å²) in [7, 11) is 0. The molecule has 0 aromatic carbocycles. The number of rotatable bonds is 4. The highest BCUT2D eigenvalue weighted by Crippen LogP contribution is 2.68. The molecule has 3 fully saturated rings. The second-order valence-electron chi connectivity index (χ2n) is 10.8. The molecule has 0 saturated heterocycles. The van der Waals surface area contributed by atoms with E-state index in [4.69, 9.17) is 5.11 Å². The molecule has 0 radical (unpaired) electrons. The highest BCUT2D eigenvalue weighted by Gasteiger charge is 2.67. The van der Waals surface area contributed by atoms with Crippen molar-refractivity contribution >= 4 is 17.5 Å². The van der Waals surface area contributed by atoms with Gasteiger partial charge in [0.25, 0.3) is 0 Å². The summed E-state index contributed by atoms with van der Waals surface area (Å²) in [6.07, 6.45) is 4.46. The first-order valence-electron chi connectivity index (χ1n) is 11.4. The zero-order valence-corrected chi connectivity index (χ0v) is 18.2. The number of Topliss-reactive ketones (excluding diaryl/α,β-unsaturated/α-hetero) is 1. The van der Waals surface area contributed by atoms with Crippen molar-refractivity contribution in [3.8, 4) is 0 Å². The number of carbonyl (C=O) groups is 3. The Morgan fingerprint density at radius 3 is 2.50 bits per heavy atom. The molecule has 6 nitrogen and oxygen atoms in total. The highest BCUT2D eigenvalue weighted by molar-refractivity contribution is 5.94. The number of carbonyl (C=O) groups excluding carboxylic acids is 2. The van der Waals surface area contributed by atoms with Gasteiger partial charge in [0, 0.05) is 11.8 Å². The van der Waals surface area contributed by atoms with Crippen LogP contribution >= 0.6 is 0 Å². The molecule has 0 heterocycles. The van der Waals surface area contributed by atoms with E-state index >= 15 is 0 Å². The standard InChI is InChI=1S/C24H34O6/c1-13-10-15-16(22(2)7-4-14(25)11-18(13)22)5-8-23(3)17(15)6-9-24(23,30)21(29)19(26)12-20(27)28/h11,13,15-17,19,26,30H,4-10,12H2,1-3H3,(H,27,28)/t13-,15+,16-,17-,19?,22+,23-,24-/m0/s1. The normalized spacial score (nSPS) is 46.3. The monoisotopic (exact) mass is 418 g/mol. The number of aliphatic carboxylic acids is 1. The molecule has 0 spiro atoms. The van der Waals surface area contributed by atoms with Crippen molar-refractivity contribution < 1.29 is 29.7 Å². The third kappa shape index (κ3) is 2.86. The van der Waals surface area contributed by atoms with Crippen LogP contribution in [0.15, 0.2) is 11.6 Å². The van der Waals surface area contributed by atoms with E-state index in [0.717, 1.165) is 19.3 Å². The van der Waals surface area contributed by atoms with Gasteiger partial charge < -0.3 is 15.3 Å². The second kappa shape index (κ2) is 6.99. The van der Waals surface area contributed by atoms with E-state index in [-0.39, 0.29) is 23.5 Å². The van der Waals surface area contributed by atoms with Crippen LogP contribution in [0.4, 0.5) is 0 Å². The van der Waals surface area contributed by atoms with Gasteiger partial charge >= 0.3 is 5.97 Å². The summed E-state index contributed by atoms with van der Waals surface area (Å²) in [5.41, 5.74) is -1.07. The second-order valence-corrected chi connectivity index (χ2v) is 10.8. The Kier molecular flexibility index (Phi) is 5.06. The number of carboxylic acid groups (broad SMARTS) is 1. The van der Waals surface area contributed by atoms with E-state index in [1.165, 1.54) is 5.57 Å². The minimum absolute atomic E-state index is 0.00882. The molecule has 4 rings (SSSR count). The summed E-state index contributed by atoms with van der Waals surface area (Å²) in [6, 6.07) is 0. The molecule has 0 aromatic heterocycles. The Balaban J connectivity index is 1.65. The number of carboxylic acids is 1. The van der Waals surface area contributed by atoms with E-state index < -0.39 is 35.3 Å². The van der Waals surface area contributed by atoms with Gasteiger partial charge in [0.05, 0.1) is 6.42 Å². The predicted octanol–water partition coefficient (Wildman–Crippen LogP) is 2.90. The molecular weight excluding hydrogens is 384 g/mol. The van der Waals surface area contributed by atoms with Crippen molar-refractivity contribution in [3.05, 3.63) is 11.6 Å². The van der Waals surface area contributed by atoms with Crippen LogP contribution in [0, 0.1) is 34.5 Å². The molecule has 8 atom stereocenters. The third-order valence-electron chi connectivity index (χ3n) is 9.51. The fraction of sp³-hybridized carbons (Fsp3) is 0.792. The molecular formula is C24H34O6. The molecule has 166 valence electrons. The number of allylic oxidation sites excluding steroid dienone is 1. The van der Waals surface area contributed by atoms with Crippen molar-refractivity contribution in [3.63, 3.8) is 0 Å². The first kappa shape index (κ1) is 21.7. The molecule has 4 aliphatic rings. The number of fused-ring (bicyclic) bond motifs is 5. The van der Waals surface area contributed by atoms with Gasteiger partial charge in [-0.15, -0.1) is 0 Å².